The summed E-state index contributed by atoms with van der Waals surface area (Å²) in [6.07, 6.45) is 1.63. The van der Waals surface area contributed by atoms with Gasteiger partial charge in [-0.2, -0.15) is 5.10 Å². The molecule has 1 aliphatic rings. The van der Waals surface area contributed by atoms with Crippen LogP contribution < -0.4 is 10.2 Å². The van der Waals surface area contributed by atoms with Gasteiger partial charge in [-0.15, -0.1) is 0 Å². The molecular formula is C39H32FN5O3. The monoisotopic (exact) mass is 637 g/mol. The summed E-state index contributed by atoms with van der Waals surface area (Å²) < 4.78 is 21.5. The summed E-state index contributed by atoms with van der Waals surface area (Å²) in [4.78, 5) is 34.8. The number of benzene rings is 4. The smallest absolute Gasteiger partial charge is 0.275 e. The molecule has 0 aliphatic carbocycles. The lowest BCUT2D eigenvalue weighted by atomic mass is 10.1. The van der Waals surface area contributed by atoms with Crippen molar-refractivity contribution in [2.24, 2.45) is 5.10 Å². The quantitative estimate of drug-likeness (QED) is 0.159. The Balaban J connectivity index is 1.41. The highest BCUT2D eigenvalue weighted by molar-refractivity contribution is 6.08. The number of ether oxygens (including phenoxy) is 1. The fourth-order valence-corrected chi connectivity index (χ4v) is 5.85. The van der Waals surface area contributed by atoms with Crippen LogP contribution in [0.1, 0.15) is 37.5 Å². The van der Waals surface area contributed by atoms with Gasteiger partial charge in [0.15, 0.2) is 16.9 Å². The molecule has 0 unspecified atom stereocenters. The molecule has 4 aromatic carbocycles. The SMILES string of the molecule is O=C1c2c(OCc3ccccc3)c3ncccc3c(=NN(Cc3ccccc3)Cc3ccccc3)n2C(=O)CN1Cc1ccc(F)cc1. The average molecular weight is 638 g/mol. The fourth-order valence-electron chi connectivity index (χ4n) is 5.85. The Labute approximate surface area is 277 Å². The maximum absolute atomic E-state index is 14.4. The van der Waals surface area contributed by atoms with Gasteiger partial charge in [-0.1, -0.05) is 103 Å². The molecule has 8 nitrogen and oxygen atoms in total. The van der Waals surface area contributed by atoms with Gasteiger partial charge in [-0.3, -0.25) is 24.1 Å². The number of fused-ring (bicyclic) bond motifs is 2. The van der Waals surface area contributed by atoms with Crippen LogP contribution in [0.4, 0.5) is 4.39 Å². The van der Waals surface area contributed by atoms with Gasteiger partial charge in [0, 0.05) is 18.1 Å². The summed E-state index contributed by atoms with van der Waals surface area (Å²) >= 11 is 0. The molecule has 0 atom stereocenters. The van der Waals surface area contributed by atoms with E-state index in [-0.39, 0.29) is 42.9 Å². The Morgan fingerprint density at radius 3 is 1.96 bits per heavy atom. The number of pyridine rings is 2. The standard InChI is InChI=1S/C39H32FN5O3/c40-32-20-18-30(19-21-32)23-43-26-34(46)45-36(39(43)47)37(48-27-31-15-8-3-9-16-31)35-33(17-10-22-41-35)38(45)42-44(24-28-11-4-1-5-12-28)25-29-13-6-2-7-14-29/h1-22H,23-27H2. The number of amides is 1. The Morgan fingerprint density at radius 1 is 0.729 bits per heavy atom. The molecule has 9 heteroatoms. The number of carbonyl (C=O) groups excluding carboxylic acids is 2. The summed E-state index contributed by atoms with van der Waals surface area (Å²) in [6, 6.07) is 39.0. The van der Waals surface area contributed by atoms with Crippen molar-refractivity contribution < 1.29 is 18.7 Å². The summed E-state index contributed by atoms with van der Waals surface area (Å²) in [5.74, 6) is -0.936. The van der Waals surface area contributed by atoms with Crippen molar-refractivity contribution >= 4 is 22.7 Å². The summed E-state index contributed by atoms with van der Waals surface area (Å²) in [5, 5.41) is 7.59. The first kappa shape index (κ1) is 30.6. The first-order valence-electron chi connectivity index (χ1n) is 15.7. The summed E-state index contributed by atoms with van der Waals surface area (Å²) in [6.45, 7) is 0.987. The molecule has 0 N–H and O–H groups in total. The Hall–Kier alpha value is -6.09. The molecule has 0 radical (unpaired) electrons. The largest absolute Gasteiger partial charge is 0.484 e. The number of hydrogen-bond donors (Lipinski definition) is 0. The Bertz CT molecular complexity index is 2100. The van der Waals surface area contributed by atoms with Crippen molar-refractivity contribution in [1.29, 1.82) is 0 Å². The van der Waals surface area contributed by atoms with Crippen molar-refractivity contribution in [1.82, 2.24) is 19.5 Å². The van der Waals surface area contributed by atoms with E-state index in [1.807, 2.05) is 102 Å². The Kier molecular flexibility index (Phi) is 8.74. The van der Waals surface area contributed by atoms with Crippen LogP contribution in [-0.2, 0) is 26.2 Å². The van der Waals surface area contributed by atoms with Crippen LogP contribution in [0.25, 0.3) is 10.9 Å². The van der Waals surface area contributed by atoms with Crippen LogP contribution in [0.5, 0.6) is 5.75 Å². The first-order chi connectivity index (χ1) is 23.5. The number of nitrogens with zero attached hydrogens (tertiary/aromatic N) is 5. The molecule has 238 valence electrons. The fraction of sp³-hybridized carbons (Fsp3) is 0.128. The zero-order chi connectivity index (χ0) is 32.9. The highest BCUT2D eigenvalue weighted by Gasteiger charge is 2.36. The molecule has 0 spiro atoms. The molecule has 48 heavy (non-hydrogen) atoms. The van der Waals surface area contributed by atoms with Gasteiger partial charge in [0.25, 0.3) is 11.8 Å². The van der Waals surface area contributed by atoms with E-state index in [9.17, 15) is 14.0 Å². The van der Waals surface area contributed by atoms with E-state index in [1.165, 1.54) is 21.6 Å². The van der Waals surface area contributed by atoms with Gasteiger partial charge in [-0.05, 0) is 46.5 Å². The number of aromatic nitrogens is 2. The van der Waals surface area contributed by atoms with E-state index in [2.05, 4.69) is 4.98 Å². The third kappa shape index (κ3) is 6.57. The molecule has 6 aromatic rings. The third-order valence-corrected chi connectivity index (χ3v) is 8.14. The summed E-state index contributed by atoms with van der Waals surface area (Å²) in [7, 11) is 0. The zero-order valence-electron chi connectivity index (χ0n) is 26.1. The summed E-state index contributed by atoms with van der Waals surface area (Å²) in [5.41, 5.74) is 4.42. The topological polar surface area (TPSA) is 80.0 Å². The van der Waals surface area contributed by atoms with Gasteiger partial charge < -0.3 is 9.64 Å². The molecule has 1 amide bonds. The van der Waals surface area contributed by atoms with Gasteiger partial charge in [0.05, 0.1) is 13.1 Å². The predicted molar refractivity (Wildman–Crippen MR) is 180 cm³/mol. The normalized spacial score (nSPS) is 13.1. The number of carbonyl (C=O) groups is 2. The van der Waals surface area contributed by atoms with Gasteiger partial charge in [0.1, 0.15) is 24.5 Å². The molecule has 0 fully saturated rings. The first-order valence-corrected chi connectivity index (χ1v) is 15.7. The van der Waals surface area contributed by atoms with E-state index in [0.717, 1.165) is 16.7 Å². The second kappa shape index (κ2) is 13.7. The number of rotatable bonds is 10. The maximum atomic E-state index is 14.4. The van der Waals surface area contributed by atoms with Crippen LogP contribution in [0.2, 0.25) is 0 Å². The van der Waals surface area contributed by atoms with E-state index >= 15 is 0 Å². The lowest BCUT2D eigenvalue weighted by Crippen LogP contribution is -2.49. The lowest BCUT2D eigenvalue weighted by Gasteiger charge is -2.31. The van der Waals surface area contributed by atoms with Crippen molar-refractivity contribution in [3.63, 3.8) is 0 Å². The minimum absolute atomic E-state index is 0.0496. The number of hydrogen-bond acceptors (Lipinski definition) is 6. The van der Waals surface area contributed by atoms with Crippen LogP contribution in [0, 0.1) is 5.82 Å². The molecule has 0 bridgehead atoms. The van der Waals surface area contributed by atoms with Crippen molar-refractivity contribution in [3.8, 4) is 5.75 Å². The molecule has 7 rings (SSSR count). The lowest BCUT2D eigenvalue weighted by molar-refractivity contribution is 0.0594. The molecular weight excluding hydrogens is 605 g/mol. The van der Waals surface area contributed by atoms with Crippen molar-refractivity contribution in [2.75, 3.05) is 6.54 Å². The molecule has 1 aliphatic heterocycles. The van der Waals surface area contributed by atoms with E-state index < -0.39 is 5.91 Å². The highest BCUT2D eigenvalue weighted by Crippen LogP contribution is 2.31. The van der Waals surface area contributed by atoms with Gasteiger partial charge in [0.2, 0.25) is 0 Å². The molecule has 3 heterocycles. The zero-order valence-corrected chi connectivity index (χ0v) is 26.1. The Morgan fingerprint density at radius 2 is 1.33 bits per heavy atom. The predicted octanol–water partition coefficient (Wildman–Crippen LogP) is 6.57. The van der Waals surface area contributed by atoms with Crippen molar-refractivity contribution in [2.45, 2.75) is 26.2 Å². The second-order valence-corrected chi connectivity index (χ2v) is 11.6. The second-order valence-electron chi connectivity index (χ2n) is 11.6. The molecule has 0 saturated heterocycles. The third-order valence-electron chi connectivity index (χ3n) is 8.14. The van der Waals surface area contributed by atoms with E-state index in [4.69, 9.17) is 9.84 Å². The minimum Gasteiger partial charge on any atom is -0.484 e. The van der Waals surface area contributed by atoms with E-state index in [1.54, 1.807) is 24.4 Å². The van der Waals surface area contributed by atoms with Crippen LogP contribution >= 0.6 is 0 Å². The maximum Gasteiger partial charge on any atom is 0.275 e. The van der Waals surface area contributed by atoms with Crippen LogP contribution in [-0.4, -0.2) is 37.8 Å². The van der Waals surface area contributed by atoms with Crippen LogP contribution in [0.15, 0.2) is 139 Å². The van der Waals surface area contributed by atoms with Crippen molar-refractivity contribution in [3.05, 3.63) is 173 Å². The van der Waals surface area contributed by atoms with Gasteiger partial charge in [-0.25, -0.2) is 4.39 Å². The highest BCUT2D eigenvalue weighted by atomic mass is 19.1. The average Bonchev–Trinajstić information content (AvgIpc) is 3.12. The molecule has 2 aromatic heterocycles. The minimum atomic E-state index is -0.413. The van der Waals surface area contributed by atoms with Crippen LogP contribution in [0.3, 0.4) is 0 Å². The van der Waals surface area contributed by atoms with Gasteiger partial charge >= 0.3 is 0 Å². The molecule has 0 saturated carbocycles. The van der Waals surface area contributed by atoms with E-state index in [0.29, 0.717) is 35.0 Å². The number of halogens is 1.